The normalized spacial score (nSPS) is 15.2. The fourth-order valence-electron chi connectivity index (χ4n) is 1.69. The van der Waals surface area contributed by atoms with Crippen molar-refractivity contribution in [3.63, 3.8) is 0 Å². The Morgan fingerprint density at radius 1 is 1.47 bits per heavy atom. The summed E-state index contributed by atoms with van der Waals surface area (Å²) in [7, 11) is 0. The fraction of sp³-hybridized carbons (Fsp3) is 0.250. The van der Waals surface area contributed by atoms with Crippen molar-refractivity contribution in [1.29, 1.82) is 0 Å². The van der Waals surface area contributed by atoms with E-state index < -0.39 is 6.23 Å². The number of hydrogen-bond acceptors (Lipinski definition) is 3. The van der Waals surface area contributed by atoms with E-state index in [0.717, 1.165) is 5.57 Å². The molecular weight excluding hydrogens is 254 g/mol. The zero-order valence-electron chi connectivity index (χ0n) is 11.0. The van der Waals surface area contributed by atoms with E-state index in [1.807, 2.05) is 37.3 Å². The molecule has 3 heteroatoms. The third-order valence-electron chi connectivity index (χ3n) is 2.54. The van der Waals surface area contributed by atoms with E-state index in [4.69, 9.17) is 12.2 Å². The van der Waals surface area contributed by atoms with Crippen molar-refractivity contribution in [3.8, 4) is 12.3 Å². The molecule has 0 heterocycles. The predicted octanol–water partition coefficient (Wildman–Crippen LogP) is 2.87. The zero-order chi connectivity index (χ0) is 14.1. The van der Waals surface area contributed by atoms with Crippen LogP contribution in [-0.4, -0.2) is 17.1 Å². The van der Waals surface area contributed by atoms with Crippen LogP contribution in [0.15, 0.2) is 54.1 Å². The first-order valence-electron chi connectivity index (χ1n) is 6.08. The maximum absolute atomic E-state index is 9.27. The third-order valence-corrected chi connectivity index (χ3v) is 3.96. The Morgan fingerprint density at radius 3 is 2.68 bits per heavy atom. The molecule has 0 aliphatic heterocycles. The highest BCUT2D eigenvalue weighted by molar-refractivity contribution is 7.99. The molecule has 0 spiro atoms. The minimum Gasteiger partial charge on any atom is -0.378 e. The van der Waals surface area contributed by atoms with E-state index in [9.17, 15) is 5.11 Å². The van der Waals surface area contributed by atoms with Crippen LogP contribution in [0.3, 0.4) is 0 Å². The summed E-state index contributed by atoms with van der Waals surface area (Å²) in [5, 5.41) is 9.39. The number of thioether (sulfide) groups is 1. The summed E-state index contributed by atoms with van der Waals surface area (Å²) in [5.74, 6) is 2.97. The fourth-order valence-corrected chi connectivity index (χ4v) is 2.83. The molecule has 1 aromatic carbocycles. The standard InChI is InChI=1S/C16H19NOS/c1-3-5-9-13(4-2)16(19-12-15(17)18)14-10-7-6-8-11-14/h1,4-11,15-16,18H,12,17H2,2H3/b9-5-,13-4+. The van der Waals surface area contributed by atoms with Gasteiger partial charge in [0.2, 0.25) is 0 Å². The van der Waals surface area contributed by atoms with Crippen LogP contribution in [-0.2, 0) is 0 Å². The van der Waals surface area contributed by atoms with Gasteiger partial charge in [0, 0.05) is 5.75 Å². The summed E-state index contributed by atoms with van der Waals surface area (Å²) >= 11 is 1.60. The molecule has 19 heavy (non-hydrogen) atoms. The number of benzene rings is 1. The average Bonchev–Trinajstić information content (AvgIpc) is 2.43. The summed E-state index contributed by atoms with van der Waals surface area (Å²) in [6.07, 6.45) is 10.1. The van der Waals surface area contributed by atoms with E-state index >= 15 is 0 Å². The topological polar surface area (TPSA) is 46.2 Å². The smallest absolute Gasteiger partial charge is 0.111 e. The van der Waals surface area contributed by atoms with E-state index in [0.29, 0.717) is 5.75 Å². The first-order valence-corrected chi connectivity index (χ1v) is 7.13. The van der Waals surface area contributed by atoms with Gasteiger partial charge in [-0.25, -0.2) is 0 Å². The van der Waals surface area contributed by atoms with Crippen LogP contribution in [0.5, 0.6) is 0 Å². The summed E-state index contributed by atoms with van der Waals surface area (Å²) in [5.41, 5.74) is 7.70. The van der Waals surface area contributed by atoms with Crippen molar-refractivity contribution in [2.75, 3.05) is 5.75 Å². The van der Waals surface area contributed by atoms with Gasteiger partial charge < -0.3 is 10.8 Å². The van der Waals surface area contributed by atoms with E-state index in [2.05, 4.69) is 18.1 Å². The van der Waals surface area contributed by atoms with Crippen LogP contribution >= 0.6 is 11.8 Å². The molecule has 0 saturated heterocycles. The van der Waals surface area contributed by atoms with Gasteiger partial charge in [-0.2, -0.15) is 0 Å². The minimum absolute atomic E-state index is 0.119. The van der Waals surface area contributed by atoms with Gasteiger partial charge in [-0.1, -0.05) is 42.3 Å². The molecule has 0 amide bonds. The van der Waals surface area contributed by atoms with Crippen molar-refractivity contribution in [1.82, 2.24) is 0 Å². The Bertz CT molecular complexity index is 471. The predicted molar refractivity (Wildman–Crippen MR) is 83.6 cm³/mol. The highest BCUT2D eigenvalue weighted by Gasteiger charge is 2.15. The second kappa shape index (κ2) is 8.60. The number of hydrogen-bond donors (Lipinski definition) is 2. The largest absolute Gasteiger partial charge is 0.378 e. The lowest BCUT2D eigenvalue weighted by Gasteiger charge is -2.19. The maximum atomic E-state index is 9.27. The number of aliphatic hydroxyl groups excluding tert-OH is 1. The third kappa shape index (κ3) is 5.35. The van der Waals surface area contributed by atoms with Crippen molar-refractivity contribution >= 4 is 11.8 Å². The molecule has 3 N–H and O–H groups in total. The van der Waals surface area contributed by atoms with Crippen LogP contribution in [0.1, 0.15) is 17.7 Å². The van der Waals surface area contributed by atoms with Gasteiger partial charge in [0.25, 0.3) is 0 Å². The van der Waals surface area contributed by atoms with Gasteiger partial charge >= 0.3 is 0 Å². The van der Waals surface area contributed by atoms with E-state index in [1.54, 1.807) is 17.8 Å². The molecule has 100 valence electrons. The lowest BCUT2D eigenvalue weighted by Crippen LogP contribution is -2.22. The Labute approximate surface area is 119 Å². The monoisotopic (exact) mass is 273 g/mol. The second-order valence-corrected chi connectivity index (χ2v) is 5.12. The summed E-state index contributed by atoms with van der Waals surface area (Å²) in [6.45, 7) is 1.98. The van der Waals surface area contributed by atoms with Gasteiger partial charge in [-0.3, -0.25) is 0 Å². The Kier molecular flexibility index (Phi) is 7.06. The van der Waals surface area contributed by atoms with Crippen molar-refractivity contribution < 1.29 is 5.11 Å². The summed E-state index contributed by atoms with van der Waals surface area (Å²) in [6, 6.07) is 10.1. The van der Waals surface area contributed by atoms with Crippen LogP contribution < -0.4 is 5.73 Å². The highest BCUT2D eigenvalue weighted by atomic mass is 32.2. The Morgan fingerprint density at radius 2 is 2.16 bits per heavy atom. The minimum atomic E-state index is -0.814. The first-order chi connectivity index (χ1) is 9.19. The average molecular weight is 273 g/mol. The Balaban J connectivity index is 2.98. The molecule has 0 aliphatic rings. The van der Waals surface area contributed by atoms with Gasteiger partial charge in [-0.05, 0) is 30.2 Å². The molecule has 0 fully saturated rings. The van der Waals surface area contributed by atoms with E-state index in [1.165, 1.54) is 5.56 Å². The van der Waals surface area contributed by atoms with Crippen molar-refractivity contribution in [2.24, 2.45) is 5.73 Å². The number of aliphatic hydroxyl groups is 1. The SMILES string of the molecule is C#C/C=C\C(=C/C)C(SCC(N)O)c1ccccc1. The highest BCUT2D eigenvalue weighted by Crippen LogP contribution is 2.36. The first kappa shape index (κ1) is 15.6. The van der Waals surface area contributed by atoms with Crippen LogP contribution in [0.25, 0.3) is 0 Å². The number of rotatable bonds is 6. The van der Waals surface area contributed by atoms with Gasteiger partial charge in [0.15, 0.2) is 0 Å². The molecule has 1 aromatic rings. The molecule has 0 aliphatic carbocycles. The number of nitrogens with two attached hydrogens (primary N) is 1. The summed E-state index contributed by atoms with van der Waals surface area (Å²) < 4.78 is 0. The summed E-state index contributed by atoms with van der Waals surface area (Å²) in [4.78, 5) is 0. The maximum Gasteiger partial charge on any atom is 0.111 e. The van der Waals surface area contributed by atoms with Gasteiger partial charge in [0.05, 0.1) is 5.25 Å². The molecule has 0 radical (unpaired) electrons. The molecule has 0 aromatic heterocycles. The molecule has 2 atom stereocenters. The molecule has 2 unspecified atom stereocenters. The second-order valence-electron chi connectivity index (χ2n) is 3.98. The molecule has 2 nitrogen and oxygen atoms in total. The van der Waals surface area contributed by atoms with Gasteiger partial charge in [-0.15, -0.1) is 18.2 Å². The molecular formula is C16H19NOS. The van der Waals surface area contributed by atoms with Crippen molar-refractivity contribution in [3.05, 3.63) is 59.7 Å². The molecule has 0 bridgehead atoms. The quantitative estimate of drug-likeness (QED) is 0.476. The van der Waals surface area contributed by atoms with Crippen molar-refractivity contribution in [2.45, 2.75) is 18.4 Å². The number of terminal acetylenes is 1. The number of allylic oxidation sites excluding steroid dienone is 3. The van der Waals surface area contributed by atoms with Crippen LogP contribution in [0, 0.1) is 12.3 Å². The van der Waals surface area contributed by atoms with Crippen LogP contribution in [0.2, 0.25) is 0 Å². The Hall–Kier alpha value is -1.47. The van der Waals surface area contributed by atoms with Gasteiger partial charge in [0.1, 0.15) is 6.23 Å². The molecule has 0 saturated carbocycles. The van der Waals surface area contributed by atoms with Crippen LogP contribution in [0.4, 0.5) is 0 Å². The zero-order valence-corrected chi connectivity index (χ0v) is 11.8. The lowest BCUT2D eigenvalue weighted by atomic mass is 10.0. The van der Waals surface area contributed by atoms with E-state index in [-0.39, 0.29) is 5.25 Å². The lowest BCUT2D eigenvalue weighted by molar-refractivity contribution is 0.208. The molecule has 1 rings (SSSR count).